The molecule has 2 amide bonds. The van der Waals surface area contributed by atoms with Gasteiger partial charge in [-0.2, -0.15) is 0 Å². The summed E-state index contributed by atoms with van der Waals surface area (Å²) in [7, 11) is 0. The van der Waals surface area contributed by atoms with Crippen LogP contribution in [0.15, 0.2) is 36.4 Å². The molecule has 0 saturated heterocycles. The second-order valence-corrected chi connectivity index (χ2v) is 5.99. The SMILES string of the molecule is Cc1c(NC(=O)c2ccc(I)c(Cl)c2)cccc1C(N)=O. The molecule has 2 aromatic carbocycles. The van der Waals surface area contributed by atoms with Crippen LogP contribution >= 0.6 is 34.2 Å². The number of carbonyl (C=O) groups is 2. The average Bonchev–Trinajstić information content (AvgIpc) is 2.43. The summed E-state index contributed by atoms with van der Waals surface area (Å²) in [5, 5.41) is 3.28. The molecule has 0 saturated carbocycles. The van der Waals surface area contributed by atoms with Crippen LogP contribution in [0.1, 0.15) is 26.3 Å². The Hall–Kier alpha value is -1.60. The van der Waals surface area contributed by atoms with E-state index in [0.717, 1.165) is 3.57 Å². The van der Waals surface area contributed by atoms with Crippen molar-refractivity contribution in [1.29, 1.82) is 0 Å². The number of carbonyl (C=O) groups excluding carboxylic acids is 2. The summed E-state index contributed by atoms with van der Waals surface area (Å²) in [6.45, 7) is 1.73. The molecule has 0 aliphatic heterocycles. The van der Waals surface area contributed by atoms with Crippen LogP contribution in [-0.4, -0.2) is 11.8 Å². The number of amides is 2. The van der Waals surface area contributed by atoms with Gasteiger partial charge in [-0.05, 0) is 65.4 Å². The Morgan fingerprint density at radius 1 is 1.24 bits per heavy atom. The van der Waals surface area contributed by atoms with Crippen LogP contribution in [0.2, 0.25) is 5.02 Å². The number of primary amides is 1. The average molecular weight is 415 g/mol. The van der Waals surface area contributed by atoms with E-state index in [1.807, 2.05) is 0 Å². The van der Waals surface area contributed by atoms with Crippen molar-refractivity contribution < 1.29 is 9.59 Å². The Balaban J connectivity index is 2.29. The van der Waals surface area contributed by atoms with Crippen molar-refractivity contribution in [2.24, 2.45) is 5.73 Å². The van der Waals surface area contributed by atoms with E-state index >= 15 is 0 Å². The largest absolute Gasteiger partial charge is 0.366 e. The highest BCUT2D eigenvalue weighted by Gasteiger charge is 2.12. The number of rotatable bonds is 3. The number of halogens is 2. The summed E-state index contributed by atoms with van der Waals surface area (Å²) in [5.74, 6) is -0.820. The number of hydrogen-bond donors (Lipinski definition) is 2. The molecule has 3 N–H and O–H groups in total. The van der Waals surface area contributed by atoms with E-state index in [-0.39, 0.29) is 5.91 Å². The van der Waals surface area contributed by atoms with Crippen LogP contribution in [0.3, 0.4) is 0 Å². The lowest BCUT2D eigenvalue weighted by Crippen LogP contribution is -2.16. The molecule has 0 heterocycles. The van der Waals surface area contributed by atoms with Crippen LogP contribution in [0, 0.1) is 10.5 Å². The van der Waals surface area contributed by atoms with E-state index in [4.69, 9.17) is 17.3 Å². The van der Waals surface area contributed by atoms with E-state index in [1.165, 1.54) is 0 Å². The van der Waals surface area contributed by atoms with E-state index in [0.29, 0.717) is 27.4 Å². The highest BCUT2D eigenvalue weighted by atomic mass is 127. The first kappa shape index (κ1) is 15.8. The van der Waals surface area contributed by atoms with Gasteiger partial charge in [0.05, 0.1) is 5.02 Å². The predicted molar refractivity (Wildman–Crippen MR) is 91.8 cm³/mol. The van der Waals surface area contributed by atoms with Crippen molar-refractivity contribution in [3.8, 4) is 0 Å². The van der Waals surface area contributed by atoms with Gasteiger partial charge in [0.1, 0.15) is 0 Å². The maximum Gasteiger partial charge on any atom is 0.255 e. The lowest BCUT2D eigenvalue weighted by atomic mass is 10.1. The summed E-state index contributed by atoms with van der Waals surface area (Å²) in [6, 6.07) is 10.1. The van der Waals surface area contributed by atoms with Gasteiger partial charge in [-0.25, -0.2) is 0 Å². The van der Waals surface area contributed by atoms with Crippen LogP contribution in [0.5, 0.6) is 0 Å². The molecule has 0 bridgehead atoms. The first-order chi connectivity index (χ1) is 9.90. The van der Waals surface area contributed by atoms with Crippen LogP contribution < -0.4 is 11.1 Å². The van der Waals surface area contributed by atoms with Crippen molar-refractivity contribution in [3.05, 3.63) is 61.7 Å². The third kappa shape index (κ3) is 3.54. The molecule has 0 aliphatic carbocycles. The maximum absolute atomic E-state index is 12.2. The Bertz CT molecular complexity index is 732. The van der Waals surface area contributed by atoms with Gasteiger partial charge in [-0.15, -0.1) is 0 Å². The van der Waals surface area contributed by atoms with E-state index in [1.54, 1.807) is 43.3 Å². The van der Waals surface area contributed by atoms with Crippen molar-refractivity contribution in [1.82, 2.24) is 0 Å². The second-order valence-electron chi connectivity index (χ2n) is 4.43. The van der Waals surface area contributed by atoms with Gasteiger partial charge in [0.2, 0.25) is 5.91 Å². The molecular formula is C15H12ClIN2O2. The van der Waals surface area contributed by atoms with Crippen LogP contribution in [-0.2, 0) is 0 Å². The maximum atomic E-state index is 12.2. The fraction of sp³-hybridized carbons (Fsp3) is 0.0667. The monoisotopic (exact) mass is 414 g/mol. The van der Waals surface area contributed by atoms with Crippen molar-refractivity contribution in [2.75, 3.05) is 5.32 Å². The number of anilines is 1. The molecule has 0 radical (unpaired) electrons. The molecule has 4 nitrogen and oxygen atoms in total. The predicted octanol–water partition coefficient (Wildman–Crippen LogP) is 3.60. The summed E-state index contributed by atoms with van der Waals surface area (Å²) in [4.78, 5) is 23.5. The van der Waals surface area contributed by atoms with Crippen molar-refractivity contribution in [3.63, 3.8) is 0 Å². The van der Waals surface area contributed by atoms with E-state index in [2.05, 4.69) is 27.9 Å². The Labute approximate surface area is 140 Å². The minimum absolute atomic E-state index is 0.293. The van der Waals surface area contributed by atoms with Gasteiger partial charge in [-0.1, -0.05) is 17.7 Å². The fourth-order valence-electron chi connectivity index (χ4n) is 1.87. The molecule has 0 unspecified atom stereocenters. The molecule has 0 fully saturated rings. The molecule has 6 heteroatoms. The molecule has 108 valence electrons. The van der Waals surface area contributed by atoms with Gasteiger partial charge >= 0.3 is 0 Å². The van der Waals surface area contributed by atoms with Gasteiger partial charge in [-0.3, -0.25) is 9.59 Å². The molecular weight excluding hydrogens is 403 g/mol. The topological polar surface area (TPSA) is 72.2 Å². The molecule has 0 aliphatic rings. The Morgan fingerprint density at radius 3 is 2.57 bits per heavy atom. The number of nitrogens with one attached hydrogen (secondary N) is 1. The Morgan fingerprint density at radius 2 is 1.95 bits per heavy atom. The highest BCUT2D eigenvalue weighted by molar-refractivity contribution is 14.1. The Kier molecular flexibility index (Phi) is 4.84. The van der Waals surface area contributed by atoms with Crippen LogP contribution in [0.4, 0.5) is 5.69 Å². The van der Waals surface area contributed by atoms with Gasteiger partial charge in [0, 0.05) is 20.4 Å². The highest BCUT2D eigenvalue weighted by Crippen LogP contribution is 2.22. The minimum Gasteiger partial charge on any atom is -0.366 e. The van der Waals surface area contributed by atoms with Gasteiger partial charge in [0.25, 0.3) is 5.91 Å². The number of hydrogen-bond acceptors (Lipinski definition) is 2. The minimum atomic E-state index is -0.527. The molecule has 2 aromatic rings. The number of nitrogens with two attached hydrogens (primary N) is 1. The lowest BCUT2D eigenvalue weighted by molar-refractivity contribution is 0.0995. The summed E-state index contributed by atoms with van der Waals surface area (Å²) in [6.07, 6.45) is 0. The molecule has 0 aromatic heterocycles. The second kappa shape index (κ2) is 6.44. The zero-order valence-electron chi connectivity index (χ0n) is 11.1. The fourth-order valence-corrected chi connectivity index (χ4v) is 2.39. The third-order valence-corrected chi connectivity index (χ3v) is 4.60. The lowest BCUT2D eigenvalue weighted by Gasteiger charge is -2.11. The van der Waals surface area contributed by atoms with Crippen molar-refractivity contribution >= 4 is 51.7 Å². The smallest absolute Gasteiger partial charge is 0.255 e. The third-order valence-electron chi connectivity index (χ3n) is 3.03. The molecule has 0 atom stereocenters. The summed E-state index contributed by atoms with van der Waals surface area (Å²) < 4.78 is 0.873. The first-order valence-electron chi connectivity index (χ1n) is 6.06. The summed E-state index contributed by atoms with van der Waals surface area (Å²) >= 11 is 8.10. The zero-order valence-corrected chi connectivity index (χ0v) is 14.0. The molecule has 21 heavy (non-hydrogen) atoms. The van der Waals surface area contributed by atoms with Gasteiger partial charge < -0.3 is 11.1 Å². The van der Waals surface area contributed by atoms with Crippen molar-refractivity contribution in [2.45, 2.75) is 6.92 Å². The number of benzene rings is 2. The zero-order chi connectivity index (χ0) is 15.6. The normalized spacial score (nSPS) is 10.2. The standard InChI is InChI=1S/C15H12ClIN2O2/c1-8-10(14(18)20)3-2-4-13(8)19-15(21)9-5-6-12(17)11(16)7-9/h2-7H,1H3,(H2,18,20)(H,19,21). The summed E-state index contributed by atoms with van der Waals surface area (Å²) in [5.41, 5.74) is 7.30. The molecule has 2 rings (SSSR count). The van der Waals surface area contributed by atoms with Crippen LogP contribution in [0.25, 0.3) is 0 Å². The van der Waals surface area contributed by atoms with E-state index in [9.17, 15) is 9.59 Å². The van der Waals surface area contributed by atoms with E-state index < -0.39 is 5.91 Å². The quantitative estimate of drug-likeness (QED) is 0.753. The van der Waals surface area contributed by atoms with Gasteiger partial charge in [0.15, 0.2) is 0 Å². The first-order valence-corrected chi connectivity index (χ1v) is 7.51. The molecule has 0 spiro atoms.